The zero-order valence-electron chi connectivity index (χ0n) is 13.8. The van der Waals surface area contributed by atoms with Crippen molar-refractivity contribution in [3.63, 3.8) is 0 Å². The van der Waals surface area contributed by atoms with E-state index in [1.54, 1.807) is 11.3 Å². The molecule has 23 heavy (non-hydrogen) atoms. The molecule has 0 spiro atoms. The highest BCUT2D eigenvalue weighted by Crippen LogP contribution is 2.22. The highest BCUT2D eigenvalue weighted by atomic mass is 32.1. The molecule has 2 N–H and O–H groups in total. The third-order valence-electron chi connectivity index (χ3n) is 4.53. The van der Waals surface area contributed by atoms with Gasteiger partial charge in [0.25, 0.3) is 0 Å². The standard InChI is InChI=1S/C18H26N4S/c1-2-21(14-17-10-20-18(19)23-17)12-16-8-9-22(13-16)11-15-6-4-3-5-7-15/h3-7,10,16H,2,8-9,11-14H2,1H3,(H2,19,20). The summed E-state index contributed by atoms with van der Waals surface area (Å²) in [7, 11) is 0. The molecule has 1 fully saturated rings. The lowest BCUT2D eigenvalue weighted by Gasteiger charge is -2.23. The van der Waals surface area contributed by atoms with Crippen LogP contribution >= 0.6 is 11.3 Å². The Bertz CT molecular complexity index is 598. The summed E-state index contributed by atoms with van der Waals surface area (Å²) >= 11 is 1.61. The lowest BCUT2D eigenvalue weighted by atomic mass is 10.1. The summed E-state index contributed by atoms with van der Waals surface area (Å²) in [5.41, 5.74) is 7.15. The molecule has 2 aromatic rings. The van der Waals surface area contributed by atoms with Gasteiger partial charge in [-0.15, -0.1) is 11.3 Å². The Morgan fingerprint density at radius 1 is 1.35 bits per heavy atom. The van der Waals surface area contributed by atoms with E-state index in [0.29, 0.717) is 5.13 Å². The molecule has 5 heteroatoms. The first kappa shape index (κ1) is 16.4. The Hall–Kier alpha value is -1.43. The molecule has 0 amide bonds. The van der Waals surface area contributed by atoms with Crippen molar-refractivity contribution in [3.8, 4) is 0 Å². The molecule has 4 nitrogen and oxygen atoms in total. The van der Waals surface area contributed by atoms with Gasteiger partial charge in [0, 0.05) is 37.3 Å². The molecule has 0 bridgehead atoms. The topological polar surface area (TPSA) is 45.4 Å². The predicted molar refractivity (Wildman–Crippen MR) is 97.3 cm³/mol. The molecular weight excluding hydrogens is 304 g/mol. The second-order valence-corrected chi connectivity index (χ2v) is 7.51. The van der Waals surface area contributed by atoms with Crippen LogP contribution in [0.2, 0.25) is 0 Å². The van der Waals surface area contributed by atoms with Crippen molar-refractivity contribution in [3.05, 3.63) is 47.0 Å². The van der Waals surface area contributed by atoms with Gasteiger partial charge in [0.2, 0.25) is 0 Å². The maximum absolute atomic E-state index is 5.73. The first-order chi connectivity index (χ1) is 11.2. The first-order valence-corrected chi connectivity index (χ1v) is 9.23. The molecule has 1 atom stereocenters. The van der Waals surface area contributed by atoms with E-state index in [1.807, 2.05) is 6.20 Å². The number of benzene rings is 1. The van der Waals surface area contributed by atoms with Crippen molar-refractivity contribution in [2.24, 2.45) is 5.92 Å². The van der Waals surface area contributed by atoms with E-state index in [9.17, 15) is 0 Å². The van der Waals surface area contributed by atoms with E-state index in [-0.39, 0.29) is 0 Å². The monoisotopic (exact) mass is 330 g/mol. The van der Waals surface area contributed by atoms with Crippen LogP contribution in [0.3, 0.4) is 0 Å². The van der Waals surface area contributed by atoms with Gasteiger partial charge >= 0.3 is 0 Å². The molecule has 1 unspecified atom stereocenters. The minimum atomic E-state index is 0.672. The molecule has 1 aromatic carbocycles. The van der Waals surface area contributed by atoms with Crippen molar-refractivity contribution >= 4 is 16.5 Å². The van der Waals surface area contributed by atoms with Crippen LogP contribution in [-0.4, -0.2) is 41.0 Å². The van der Waals surface area contributed by atoms with E-state index in [2.05, 4.69) is 52.0 Å². The third-order valence-corrected chi connectivity index (χ3v) is 5.34. The highest BCUT2D eigenvalue weighted by Gasteiger charge is 2.24. The number of rotatable bonds is 7. The minimum absolute atomic E-state index is 0.672. The summed E-state index contributed by atoms with van der Waals surface area (Å²) in [6, 6.07) is 10.8. The van der Waals surface area contributed by atoms with E-state index in [4.69, 9.17) is 5.73 Å². The van der Waals surface area contributed by atoms with Crippen LogP contribution in [0, 0.1) is 5.92 Å². The number of anilines is 1. The molecule has 3 rings (SSSR count). The predicted octanol–water partition coefficient (Wildman–Crippen LogP) is 3.07. The lowest BCUT2D eigenvalue weighted by Crippen LogP contribution is -2.30. The van der Waals surface area contributed by atoms with E-state index in [0.717, 1.165) is 25.6 Å². The van der Waals surface area contributed by atoms with Gasteiger partial charge in [-0.05, 0) is 31.0 Å². The number of likely N-dealkylation sites (tertiary alicyclic amines) is 1. The molecule has 0 saturated carbocycles. The van der Waals surface area contributed by atoms with Crippen LogP contribution in [0.15, 0.2) is 36.5 Å². The average Bonchev–Trinajstić information content (AvgIpc) is 3.17. The Balaban J connectivity index is 1.48. The van der Waals surface area contributed by atoms with Crippen molar-refractivity contribution in [2.75, 3.05) is 31.9 Å². The lowest BCUT2D eigenvalue weighted by molar-refractivity contribution is 0.228. The van der Waals surface area contributed by atoms with E-state index in [1.165, 1.54) is 36.5 Å². The van der Waals surface area contributed by atoms with Gasteiger partial charge in [0.05, 0.1) is 0 Å². The number of hydrogen-bond acceptors (Lipinski definition) is 5. The zero-order valence-corrected chi connectivity index (χ0v) is 14.6. The van der Waals surface area contributed by atoms with Gasteiger partial charge in [-0.1, -0.05) is 37.3 Å². The smallest absolute Gasteiger partial charge is 0.180 e. The maximum Gasteiger partial charge on any atom is 0.180 e. The van der Waals surface area contributed by atoms with Crippen molar-refractivity contribution in [2.45, 2.75) is 26.4 Å². The average molecular weight is 331 g/mol. The molecule has 1 aliphatic rings. The SMILES string of the molecule is CCN(Cc1cnc(N)s1)CC1CCN(Cc2ccccc2)C1. The van der Waals surface area contributed by atoms with Crippen molar-refractivity contribution in [1.82, 2.24) is 14.8 Å². The normalized spacial score (nSPS) is 18.8. The van der Waals surface area contributed by atoms with Gasteiger partial charge in [0.1, 0.15) is 0 Å². The zero-order chi connectivity index (χ0) is 16.1. The Morgan fingerprint density at radius 3 is 2.87 bits per heavy atom. The van der Waals surface area contributed by atoms with E-state index < -0.39 is 0 Å². The van der Waals surface area contributed by atoms with Gasteiger partial charge in [-0.25, -0.2) is 4.98 Å². The fourth-order valence-electron chi connectivity index (χ4n) is 3.33. The van der Waals surface area contributed by atoms with Crippen molar-refractivity contribution < 1.29 is 0 Å². The number of hydrogen-bond donors (Lipinski definition) is 1. The van der Waals surface area contributed by atoms with Crippen LogP contribution < -0.4 is 5.73 Å². The quantitative estimate of drug-likeness (QED) is 0.847. The third kappa shape index (κ3) is 4.77. The highest BCUT2D eigenvalue weighted by molar-refractivity contribution is 7.15. The molecule has 1 aromatic heterocycles. The summed E-state index contributed by atoms with van der Waals surface area (Å²) in [5.74, 6) is 0.768. The number of nitrogens with two attached hydrogens (primary N) is 1. The van der Waals surface area contributed by atoms with Gasteiger partial charge in [-0.3, -0.25) is 9.80 Å². The van der Waals surface area contributed by atoms with Gasteiger partial charge in [-0.2, -0.15) is 0 Å². The second kappa shape index (κ2) is 7.90. The van der Waals surface area contributed by atoms with Crippen molar-refractivity contribution in [1.29, 1.82) is 0 Å². The largest absolute Gasteiger partial charge is 0.375 e. The fraction of sp³-hybridized carbons (Fsp3) is 0.500. The summed E-state index contributed by atoms with van der Waals surface area (Å²) in [6.07, 6.45) is 3.22. The maximum atomic E-state index is 5.73. The Kier molecular flexibility index (Phi) is 5.65. The number of thiazole rings is 1. The minimum Gasteiger partial charge on any atom is -0.375 e. The number of aromatic nitrogens is 1. The molecule has 1 aliphatic heterocycles. The number of nitrogen functional groups attached to an aromatic ring is 1. The summed E-state index contributed by atoms with van der Waals surface area (Å²) < 4.78 is 0. The van der Waals surface area contributed by atoms with E-state index >= 15 is 0 Å². The summed E-state index contributed by atoms with van der Waals surface area (Å²) in [4.78, 5) is 10.5. The Labute approximate surface area is 142 Å². The molecule has 0 radical (unpaired) electrons. The second-order valence-electron chi connectivity index (χ2n) is 6.37. The molecule has 1 saturated heterocycles. The van der Waals surface area contributed by atoms with Crippen LogP contribution in [-0.2, 0) is 13.1 Å². The van der Waals surface area contributed by atoms with Gasteiger partial charge in [0.15, 0.2) is 5.13 Å². The Morgan fingerprint density at radius 2 is 2.17 bits per heavy atom. The van der Waals surface area contributed by atoms with Crippen LogP contribution in [0.5, 0.6) is 0 Å². The number of nitrogens with zero attached hydrogens (tertiary/aromatic N) is 3. The molecule has 0 aliphatic carbocycles. The fourth-order valence-corrected chi connectivity index (χ4v) is 4.06. The van der Waals surface area contributed by atoms with Crippen LogP contribution in [0.1, 0.15) is 23.8 Å². The first-order valence-electron chi connectivity index (χ1n) is 8.41. The van der Waals surface area contributed by atoms with Crippen LogP contribution in [0.4, 0.5) is 5.13 Å². The summed E-state index contributed by atoms with van der Waals surface area (Å²) in [6.45, 7) is 8.95. The van der Waals surface area contributed by atoms with Gasteiger partial charge < -0.3 is 5.73 Å². The van der Waals surface area contributed by atoms with Crippen LogP contribution in [0.25, 0.3) is 0 Å². The molecule has 2 heterocycles. The molecular formula is C18H26N4S. The molecule has 124 valence electrons. The summed E-state index contributed by atoms with van der Waals surface area (Å²) in [5, 5.41) is 0.672.